The number of aromatic nitrogens is 1. The number of thioether (sulfide) groups is 1. The maximum absolute atomic E-state index is 12.6. The molecular weight excluding hydrogens is 426 g/mol. The van der Waals surface area contributed by atoms with Gasteiger partial charge in [-0.25, -0.2) is 9.78 Å². The predicted octanol–water partition coefficient (Wildman–Crippen LogP) is -1.00. The topological polar surface area (TPSA) is 167 Å². The minimum absolute atomic E-state index is 0.00353. The number of aldehydes is 1. The van der Waals surface area contributed by atoms with Gasteiger partial charge in [0.2, 0.25) is 6.41 Å². The fourth-order valence-corrected chi connectivity index (χ4v) is 4.68. The van der Waals surface area contributed by atoms with Crippen LogP contribution in [0.4, 0.5) is 5.13 Å². The molecule has 2 aliphatic rings. The van der Waals surface area contributed by atoms with Gasteiger partial charge in [-0.05, 0) is 0 Å². The number of carboxylic acids is 1. The van der Waals surface area contributed by atoms with Crippen LogP contribution < -0.4 is 10.6 Å². The van der Waals surface area contributed by atoms with Crippen molar-refractivity contribution in [2.75, 3.05) is 18.2 Å². The molecule has 152 valence electrons. The van der Waals surface area contributed by atoms with Gasteiger partial charge in [0.25, 0.3) is 11.8 Å². The zero-order valence-electron chi connectivity index (χ0n) is 14.6. The molecule has 0 aromatic carbocycles. The van der Waals surface area contributed by atoms with Crippen LogP contribution in [0.2, 0.25) is 0 Å². The summed E-state index contributed by atoms with van der Waals surface area (Å²) in [7, 11) is 1.22. The Morgan fingerprint density at radius 2 is 2.21 bits per heavy atom. The number of oxime groups is 1. The molecule has 29 heavy (non-hydrogen) atoms. The zero-order chi connectivity index (χ0) is 21.1. The second-order valence-electron chi connectivity index (χ2n) is 5.58. The van der Waals surface area contributed by atoms with Gasteiger partial charge in [-0.2, -0.15) is 0 Å². The standard InChI is InChI=1S/C15H13N5O7S2/c1-27-19-8(7-4-29-15(17-7)16-5-22)11(23)18-9-12(24)20-10(14(25)26)6(2-21)3-28-13(9)20/h2,4-5,9,13H,3H2,1H3,(H,18,23)(H,25,26)(H,16,17,22)/t9?,13-/m0/s1. The number of anilines is 1. The molecule has 3 amide bonds. The Balaban J connectivity index is 1.78. The Hall–Kier alpha value is -3.26. The van der Waals surface area contributed by atoms with Crippen molar-refractivity contribution in [3.05, 3.63) is 22.3 Å². The minimum Gasteiger partial charge on any atom is -0.477 e. The number of carbonyl (C=O) groups is 5. The lowest BCUT2D eigenvalue weighted by Crippen LogP contribution is -2.71. The first-order valence-corrected chi connectivity index (χ1v) is 9.80. The van der Waals surface area contributed by atoms with E-state index in [4.69, 9.17) is 0 Å². The molecule has 0 saturated carbocycles. The van der Waals surface area contributed by atoms with E-state index >= 15 is 0 Å². The number of amides is 3. The van der Waals surface area contributed by atoms with Crippen molar-refractivity contribution in [1.29, 1.82) is 0 Å². The highest BCUT2D eigenvalue weighted by atomic mass is 32.2. The van der Waals surface area contributed by atoms with E-state index < -0.39 is 29.2 Å². The number of nitrogens with zero attached hydrogens (tertiary/aromatic N) is 3. The number of β-lactam (4-membered cyclic amide) rings is 1. The molecule has 3 rings (SSSR count). The van der Waals surface area contributed by atoms with Crippen LogP contribution in [-0.4, -0.2) is 75.5 Å². The number of hydrogen-bond donors (Lipinski definition) is 3. The number of carboxylic acid groups (broad SMARTS) is 1. The average molecular weight is 439 g/mol. The molecule has 0 aliphatic carbocycles. The summed E-state index contributed by atoms with van der Waals surface area (Å²) >= 11 is 2.21. The van der Waals surface area contributed by atoms with Gasteiger partial charge in [0.1, 0.15) is 36.2 Å². The highest BCUT2D eigenvalue weighted by Crippen LogP contribution is 2.39. The Morgan fingerprint density at radius 3 is 2.83 bits per heavy atom. The number of hydrogen-bond acceptors (Lipinski definition) is 10. The van der Waals surface area contributed by atoms with E-state index in [9.17, 15) is 29.1 Å². The molecule has 1 unspecified atom stereocenters. The number of aliphatic carboxylic acids is 1. The van der Waals surface area contributed by atoms with E-state index in [1.54, 1.807) is 0 Å². The number of nitrogens with one attached hydrogen (secondary N) is 2. The highest BCUT2D eigenvalue weighted by Gasteiger charge is 2.54. The summed E-state index contributed by atoms with van der Waals surface area (Å²) in [6.07, 6.45) is 0.835. The Bertz CT molecular complexity index is 957. The van der Waals surface area contributed by atoms with E-state index in [-0.39, 0.29) is 33.6 Å². The number of carbonyl (C=O) groups excluding carboxylic acids is 4. The lowest BCUT2D eigenvalue weighted by atomic mass is 10.0. The van der Waals surface area contributed by atoms with Gasteiger partial charge in [-0.3, -0.25) is 24.1 Å². The van der Waals surface area contributed by atoms with Gasteiger partial charge in [0.05, 0.1) is 0 Å². The first-order chi connectivity index (χ1) is 13.9. The fraction of sp³-hybridized carbons (Fsp3) is 0.267. The Morgan fingerprint density at radius 1 is 1.45 bits per heavy atom. The van der Waals surface area contributed by atoms with Crippen LogP contribution in [0.3, 0.4) is 0 Å². The molecule has 2 atom stereocenters. The van der Waals surface area contributed by atoms with Gasteiger partial charge >= 0.3 is 5.97 Å². The predicted molar refractivity (Wildman–Crippen MR) is 101 cm³/mol. The van der Waals surface area contributed by atoms with Crippen LogP contribution >= 0.6 is 23.1 Å². The van der Waals surface area contributed by atoms with Crippen molar-refractivity contribution in [3.8, 4) is 0 Å². The summed E-state index contributed by atoms with van der Waals surface area (Å²) in [6, 6.07) is -1.01. The molecule has 1 aromatic heterocycles. The number of fused-ring (bicyclic) bond motifs is 1. The second kappa shape index (κ2) is 8.40. The summed E-state index contributed by atoms with van der Waals surface area (Å²) < 4.78 is 0. The quantitative estimate of drug-likeness (QED) is 0.199. The largest absolute Gasteiger partial charge is 0.477 e. The van der Waals surface area contributed by atoms with Crippen LogP contribution in [0, 0.1) is 0 Å². The van der Waals surface area contributed by atoms with Crippen LogP contribution in [0.1, 0.15) is 5.69 Å². The van der Waals surface area contributed by atoms with Crippen molar-refractivity contribution in [1.82, 2.24) is 15.2 Å². The Labute approximate surface area is 171 Å². The van der Waals surface area contributed by atoms with Crippen molar-refractivity contribution in [2.24, 2.45) is 5.16 Å². The Kier molecular flexibility index (Phi) is 5.93. The average Bonchev–Trinajstić information content (AvgIpc) is 3.17. The molecule has 3 heterocycles. The van der Waals surface area contributed by atoms with Crippen LogP contribution in [0.5, 0.6) is 0 Å². The third-order valence-electron chi connectivity index (χ3n) is 3.96. The number of thiazole rings is 1. The van der Waals surface area contributed by atoms with Gasteiger partial charge in [0.15, 0.2) is 10.8 Å². The number of rotatable bonds is 8. The smallest absolute Gasteiger partial charge is 0.353 e. The van der Waals surface area contributed by atoms with E-state index in [2.05, 4.69) is 25.6 Å². The van der Waals surface area contributed by atoms with Crippen molar-refractivity contribution in [2.45, 2.75) is 11.4 Å². The summed E-state index contributed by atoms with van der Waals surface area (Å²) in [5.41, 5.74) is -0.490. The van der Waals surface area contributed by atoms with Crippen molar-refractivity contribution < 1.29 is 33.9 Å². The molecule has 3 N–H and O–H groups in total. The molecular formula is C15H13N5O7S2. The first kappa shape index (κ1) is 20.5. The third kappa shape index (κ3) is 3.71. The maximum Gasteiger partial charge on any atom is 0.353 e. The molecule has 0 spiro atoms. The lowest BCUT2D eigenvalue weighted by Gasteiger charge is -2.48. The summed E-state index contributed by atoms with van der Waals surface area (Å²) in [5, 5.41) is 18.8. The van der Waals surface area contributed by atoms with Gasteiger partial charge in [-0.1, -0.05) is 5.16 Å². The molecule has 0 radical (unpaired) electrons. The van der Waals surface area contributed by atoms with Crippen LogP contribution in [-0.2, 0) is 28.8 Å². The molecule has 12 nitrogen and oxygen atoms in total. The normalized spacial score (nSPS) is 21.1. The molecule has 2 aliphatic heterocycles. The van der Waals surface area contributed by atoms with Gasteiger partial charge in [0, 0.05) is 16.7 Å². The molecule has 1 aromatic rings. The summed E-state index contributed by atoms with van der Waals surface area (Å²) in [4.78, 5) is 67.8. The van der Waals surface area contributed by atoms with E-state index in [0.29, 0.717) is 12.7 Å². The minimum atomic E-state index is -1.39. The fourth-order valence-electron chi connectivity index (χ4n) is 2.74. The zero-order valence-corrected chi connectivity index (χ0v) is 16.3. The lowest BCUT2D eigenvalue weighted by molar-refractivity contribution is -0.150. The van der Waals surface area contributed by atoms with Crippen LogP contribution in [0.25, 0.3) is 0 Å². The van der Waals surface area contributed by atoms with Crippen molar-refractivity contribution in [3.63, 3.8) is 0 Å². The molecule has 1 saturated heterocycles. The van der Waals surface area contributed by atoms with Crippen LogP contribution in [0.15, 0.2) is 21.8 Å². The second-order valence-corrected chi connectivity index (χ2v) is 7.54. The van der Waals surface area contributed by atoms with Crippen molar-refractivity contribution >= 4 is 64.4 Å². The monoisotopic (exact) mass is 439 g/mol. The molecule has 1 fully saturated rings. The molecule has 0 bridgehead atoms. The SMILES string of the molecule is CON=C(C(=O)NC1C(=O)N2C(C(=O)O)=C(C=O)CS[C@@H]12)c1csc(NC=O)n1. The third-order valence-corrected chi connectivity index (χ3v) is 6.03. The van der Waals surface area contributed by atoms with E-state index in [1.807, 2.05) is 0 Å². The highest BCUT2D eigenvalue weighted by molar-refractivity contribution is 8.00. The first-order valence-electron chi connectivity index (χ1n) is 7.87. The summed E-state index contributed by atoms with van der Waals surface area (Å²) in [5.74, 6) is -2.73. The van der Waals surface area contributed by atoms with E-state index in [0.717, 1.165) is 28.0 Å². The maximum atomic E-state index is 12.6. The van der Waals surface area contributed by atoms with Gasteiger partial charge < -0.3 is 20.6 Å². The van der Waals surface area contributed by atoms with E-state index in [1.165, 1.54) is 12.5 Å². The molecule has 14 heteroatoms. The van der Waals surface area contributed by atoms with Gasteiger partial charge in [-0.15, -0.1) is 23.1 Å². The summed E-state index contributed by atoms with van der Waals surface area (Å²) in [6.45, 7) is 0.